The quantitative estimate of drug-likeness (QED) is 0.0833. The number of hydroxylamine groups is 1. The summed E-state index contributed by atoms with van der Waals surface area (Å²) in [6.45, 7) is 4.42. The van der Waals surface area contributed by atoms with E-state index in [-0.39, 0.29) is 44.1 Å². The summed E-state index contributed by atoms with van der Waals surface area (Å²) in [6, 6.07) is 13.1. The molecule has 0 aliphatic heterocycles. The van der Waals surface area contributed by atoms with Gasteiger partial charge in [0.1, 0.15) is 5.75 Å². The fourth-order valence-electron chi connectivity index (χ4n) is 3.69. The fraction of sp³-hybridized carbons (Fsp3) is 0.469. The van der Waals surface area contributed by atoms with Crippen LogP contribution in [0, 0.1) is 5.92 Å². The normalized spacial score (nSPS) is 12.1. The Morgan fingerprint density at radius 3 is 2.09 bits per heavy atom. The number of hydrogen-bond donors (Lipinski definition) is 1. The van der Waals surface area contributed by atoms with E-state index in [9.17, 15) is 24.0 Å². The van der Waals surface area contributed by atoms with Gasteiger partial charge in [0.25, 0.3) is 0 Å². The molecule has 0 aromatic heterocycles. The van der Waals surface area contributed by atoms with Gasteiger partial charge in [-0.3, -0.25) is 19.2 Å². The highest BCUT2D eigenvalue weighted by Crippen LogP contribution is 2.33. The van der Waals surface area contributed by atoms with Gasteiger partial charge in [0, 0.05) is 19.1 Å². The van der Waals surface area contributed by atoms with Crippen LogP contribution in [0.3, 0.4) is 0 Å². The zero-order valence-electron chi connectivity index (χ0n) is 26.6. The van der Waals surface area contributed by atoms with Crippen LogP contribution < -0.4 is 10.2 Å². The van der Waals surface area contributed by atoms with E-state index in [0.717, 1.165) is 16.9 Å². The highest BCUT2D eigenvalue weighted by Gasteiger charge is 2.23. The van der Waals surface area contributed by atoms with Gasteiger partial charge in [-0.2, -0.15) is 0 Å². The molecule has 0 aliphatic carbocycles. The lowest BCUT2D eigenvalue weighted by atomic mass is 9.94. The molecule has 0 heterocycles. The van der Waals surface area contributed by atoms with Crippen LogP contribution in [-0.2, 0) is 51.2 Å². The Kier molecular flexibility index (Phi) is 15.4. The largest absolute Gasteiger partial charge is 0.511 e. The van der Waals surface area contributed by atoms with Crippen molar-refractivity contribution in [3.8, 4) is 5.75 Å². The summed E-state index contributed by atoms with van der Waals surface area (Å²) in [5.41, 5.74) is 4.12. The van der Waals surface area contributed by atoms with Crippen molar-refractivity contribution in [2.75, 3.05) is 37.9 Å². The number of esters is 3. The van der Waals surface area contributed by atoms with Gasteiger partial charge >= 0.3 is 24.1 Å². The number of benzene rings is 2. The van der Waals surface area contributed by atoms with E-state index in [1.165, 1.54) is 19.1 Å². The Morgan fingerprint density at radius 1 is 0.844 bits per heavy atom. The molecule has 0 bridgehead atoms. The lowest BCUT2D eigenvalue weighted by molar-refractivity contribution is -0.148. The van der Waals surface area contributed by atoms with Gasteiger partial charge in [0.05, 0.1) is 30.8 Å². The molecule has 248 valence electrons. The van der Waals surface area contributed by atoms with Crippen LogP contribution in [0.15, 0.2) is 48.5 Å². The maximum atomic E-state index is 13.0. The van der Waals surface area contributed by atoms with Crippen LogP contribution in [0.1, 0.15) is 55.1 Å². The zero-order valence-corrected chi connectivity index (χ0v) is 27.4. The molecule has 0 saturated heterocycles. The molecule has 1 amide bonds. The summed E-state index contributed by atoms with van der Waals surface area (Å²) in [6.07, 6.45) is 5.59. The summed E-state index contributed by atoms with van der Waals surface area (Å²) >= 11 is 0. The van der Waals surface area contributed by atoms with Gasteiger partial charge in [0.15, 0.2) is 0 Å². The molecule has 2 aromatic rings. The molecule has 0 fully saturated rings. The summed E-state index contributed by atoms with van der Waals surface area (Å²) in [5.74, 6) is -1.38. The highest BCUT2D eigenvalue weighted by atomic mass is 32.3. The second-order valence-corrected chi connectivity index (χ2v) is 15.9. The highest BCUT2D eigenvalue weighted by molar-refractivity contribution is 8.32. The molecule has 12 nitrogen and oxygen atoms in total. The molecule has 0 spiro atoms. The minimum Gasteiger partial charge on any atom is -0.465 e. The minimum atomic E-state index is -0.942. The molecule has 0 aliphatic rings. The van der Waals surface area contributed by atoms with Crippen molar-refractivity contribution in [3.05, 3.63) is 65.2 Å². The average Bonchev–Trinajstić information content (AvgIpc) is 2.95. The third-order valence-corrected chi connectivity index (χ3v) is 7.36. The van der Waals surface area contributed by atoms with E-state index in [1.807, 2.05) is 0 Å². The Bertz CT molecular complexity index is 1270. The SMILES string of the molecule is CC(=O)Oc1ccc(CONC(=O)CCC(Cc2ccc(C(=O)OCOC(=O)OC(C)C)cc2)C(=O)OCCS(C)(C)C)cc1. The molecule has 2 aromatic carbocycles. The van der Waals surface area contributed by atoms with Gasteiger partial charge in [-0.25, -0.2) is 25.1 Å². The van der Waals surface area contributed by atoms with Crippen LogP contribution in [-0.4, -0.2) is 74.0 Å². The van der Waals surface area contributed by atoms with Gasteiger partial charge in [-0.1, -0.05) is 24.3 Å². The van der Waals surface area contributed by atoms with Crippen LogP contribution >= 0.6 is 10.0 Å². The number of rotatable bonds is 17. The molecular weight excluding hydrogens is 606 g/mol. The van der Waals surface area contributed by atoms with E-state index < -0.39 is 52.7 Å². The molecule has 0 radical (unpaired) electrons. The predicted octanol–water partition coefficient (Wildman–Crippen LogP) is 4.71. The molecule has 1 N–H and O–H groups in total. The number of ether oxygens (including phenoxy) is 5. The van der Waals surface area contributed by atoms with Crippen molar-refractivity contribution in [2.24, 2.45) is 5.92 Å². The molecule has 0 saturated carbocycles. The third-order valence-electron chi connectivity index (χ3n) is 5.97. The summed E-state index contributed by atoms with van der Waals surface area (Å²) in [4.78, 5) is 65.6. The van der Waals surface area contributed by atoms with Crippen LogP contribution in [0.2, 0.25) is 0 Å². The first kappa shape index (κ1) is 37.1. The number of amides is 1. The fourth-order valence-corrected chi connectivity index (χ4v) is 4.27. The second kappa shape index (κ2) is 18.6. The van der Waals surface area contributed by atoms with E-state index in [2.05, 4.69) is 24.2 Å². The van der Waals surface area contributed by atoms with E-state index >= 15 is 0 Å². The molecular formula is C32H43NO11S. The lowest BCUT2D eigenvalue weighted by Gasteiger charge is -2.25. The van der Waals surface area contributed by atoms with Crippen molar-refractivity contribution in [3.63, 3.8) is 0 Å². The van der Waals surface area contributed by atoms with Crippen molar-refractivity contribution < 1.29 is 52.5 Å². The molecule has 13 heteroatoms. The summed E-state index contributed by atoms with van der Waals surface area (Å²) in [7, 11) is -0.859. The number of carbonyl (C=O) groups excluding carboxylic acids is 5. The molecule has 45 heavy (non-hydrogen) atoms. The number of nitrogens with one attached hydrogen (secondary N) is 1. The van der Waals surface area contributed by atoms with Crippen molar-refractivity contribution in [2.45, 2.75) is 52.7 Å². The number of hydrogen-bond acceptors (Lipinski definition) is 11. The van der Waals surface area contributed by atoms with Crippen LogP contribution in [0.5, 0.6) is 5.75 Å². The maximum absolute atomic E-state index is 13.0. The molecule has 2 rings (SSSR count). The maximum Gasteiger partial charge on any atom is 0.511 e. The third kappa shape index (κ3) is 16.0. The van der Waals surface area contributed by atoms with Crippen molar-refractivity contribution >= 4 is 40.0 Å². The average molecular weight is 650 g/mol. The minimum absolute atomic E-state index is 0.0132. The van der Waals surface area contributed by atoms with Gasteiger partial charge in [0.2, 0.25) is 12.7 Å². The van der Waals surface area contributed by atoms with Crippen LogP contribution in [0.25, 0.3) is 0 Å². The van der Waals surface area contributed by atoms with Crippen LogP contribution in [0.4, 0.5) is 4.79 Å². The van der Waals surface area contributed by atoms with Gasteiger partial charge in [-0.15, -0.1) is 0 Å². The topological polar surface area (TPSA) is 153 Å². The van der Waals surface area contributed by atoms with E-state index in [0.29, 0.717) is 5.75 Å². The van der Waals surface area contributed by atoms with Gasteiger partial charge < -0.3 is 23.7 Å². The first-order valence-electron chi connectivity index (χ1n) is 14.3. The standard InChI is InChI=1S/C32H43NO11S/c1-22(2)43-32(38)41-21-40-30(36)26-11-7-24(8-12-26)19-27(31(37)39-17-18-45(4,5)6)13-16-29(35)33-42-20-25-9-14-28(15-10-25)44-23(3)34/h7-12,14-15,22,27H,13,16-21H2,1-6H3,(H,33,35). The molecule has 1 atom stereocenters. The zero-order chi connectivity index (χ0) is 33.4. The predicted molar refractivity (Wildman–Crippen MR) is 168 cm³/mol. The van der Waals surface area contributed by atoms with E-state index in [4.69, 9.17) is 28.5 Å². The van der Waals surface area contributed by atoms with Gasteiger partial charge in [-0.05, 0) is 80.8 Å². The monoisotopic (exact) mass is 649 g/mol. The first-order valence-corrected chi connectivity index (χ1v) is 17.3. The summed E-state index contributed by atoms with van der Waals surface area (Å²) in [5, 5.41) is 0. The Balaban J connectivity index is 1.92. The summed E-state index contributed by atoms with van der Waals surface area (Å²) < 4.78 is 25.0. The Labute approximate surface area is 265 Å². The second-order valence-electron chi connectivity index (χ2n) is 11.3. The van der Waals surface area contributed by atoms with Crippen molar-refractivity contribution in [1.82, 2.24) is 5.48 Å². The lowest BCUT2D eigenvalue weighted by Crippen LogP contribution is -2.27. The number of carbonyl (C=O) groups is 5. The van der Waals surface area contributed by atoms with Crippen molar-refractivity contribution in [1.29, 1.82) is 0 Å². The Hall–Kier alpha value is -4.10. The molecule has 1 unspecified atom stereocenters. The Morgan fingerprint density at radius 2 is 1.49 bits per heavy atom. The van der Waals surface area contributed by atoms with E-state index in [1.54, 1.807) is 50.2 Å². The smallest absolute Gasteiger partial charge is 0.465 e. The first-order chi connectivity index (χ1) is 21.2.